The first kappa shape index (κ1) is 14.0. The number of halogens is 1. The van der Waals surface area contributed by atoms with Crippen LogP contribution in [0.2, 0.25) is 0 Å². The molecule has 86 valence electrons. The SMILES string of the molecule is C=C(Cl)CC(C(=O)OCC)C(=O)OCC. The molecular weight excluding hydrogens is 220 g/mol. The Morgan fingerprint density at radius 1 is 1.20 bits per heavy atom. The van der Waals surface area contributed by atoms with Crippen molar-refractivity contribution >= 4 is 23.5 Å². The van der Waals surface area contributed by atoms with Crippen molar-refractivity contribution in [1.29, 1.82) is 0 Å². The summed E-state index contributed by atoms with van der Waals surface area (Å²) in [6, 6.07) is 0. The number of hydrogen-bond acceptors (Lipinski definition) is 4. The van der Waals surface area contributed by atoms with Gasteiger partial charge in [0.1, 0.15) is 0 Å². The third-order valence-corrected chi connectivity index (χ3v) is 1.72. The second-order valence-electron chi connectivity index (χ2n) is 2.78. The average Bonchev–Trinajstić information content (AvgIpc) is 2.14. The number of carbonyl (C=O) groups excluding carboxylic acids is 2. The number of carbonyl (C=O) groups is 2. The summed E-state index contributed by atoms with van der Waals surface area (Å²) in [6.07, 6.45) is 0.0409. The molecule has 0 radical (unpaired) electrons. The van der Waals surface area contributed by atoms with Gasteiger partial charge in [0.05, 0.1) is 13.2 Å². The summed E-state index contributed by atoms with van der Waals surface area (Å²) in [7, 11) is 0. The first-order valence-corrected chi connectivity index (χ1v) is 5.07. The van der Waals surface area contributed by atoms with E-state index in [4.69, 9.17) is 21.1 Å². The van der Waals surface area contributed by atoms with Crippen LogP contribution in [-0.4, -0.2) is 25.2 Å². The largest absolute Gasteiger partial charge is 0.465 e. The summed E-state index contributed by atoms with van der Waals surface area (Å²) < 4.78 is 9.47. The fourth-order valence-corrected chi connectivity index (χ4v) is 1.12. The summed E-state index contributed by atoms with van der Waals surface area (Å²) >= 11 is 5.55. The van der Waals surface area contributed by atoms with Crippen LogP contribution in [0.3, 0.4) is 0 Å². The Kier molecular flexibility index (Phi) is 6.79. The molecule has 0 atom stereocenters. The van der Waals surface area contributed by atoms with Crippen molar-refractivity contribution in [1.82, 2.24) is 0 Å². The predicted molar refractivity (Wildman–Crippen MR) is 56.4 cm³/mol. The third-order valence-electron chi connectivity index (χ3n) is 1.57. The molecule has 0 unspecified atom stereocenters. The number of ether oxygens (including phenoxy) is 2. The Morgan fingerprint density at radius 3 is 1.87 bits per heavy atom. The maximum absolute atomic E-state index is 11.4. The van der Waals surface area contributed by atoms with Gasteiger partial charge in [-0.3, -0.25) is 9.59 Å². The summed E-state index contributed by atoms with van der Waals surface area (Å²) in [5.74, 6) is -2.26. The highest BCUT2D eigenvalue weighted by molar-refractivity contribution is 6.29. The smallest absolute Gasteiger partial charge is 0.320 e. The first-order valence-electron chi connectivity index (χ1n) is 4.69. The zero-order valence-electron chi connectivity index (χ0n) is 8.92. The van der Waals surface area contributed by atoms with Crippen LogP contribution >= 0.6 is 11.6 Å². The number of rotatable bonds is 6. The maximum atomic E-state index is 11.4. The first-order chi connectivity index (χ1) is 7.02. The molecule has 0 fully saturated rings. The molecule has 5 heteroatoms. The molecule has 0 aliphatic rings. The van der Waals surface area contributed by atoms with Crippen molar-refractivity contribution in [3.63, 3.8) is 0 Å². The molecule has 0 aromatic heterocycles. The number of hydrogen-bond donors (Lipinski definition) is 0. The monoisotopic (exact) mass is 234 g/mol. The van der Waals surface area contributed by atoms with Crippen LogP contribution in [0.5, 0.6) is 0 Å². The normalized spacial score (nSPS) is 9.87. The maximum Gasteiger partial charge on any atom is 0.320 e. The Hall–Kier alpha value is -1.03. The molecule has 0 aromatic carbocycles. The molecule has 0 N–H and O–H groups in total. The molecule has 0 saturated heterocycles. The summed E-state index contributed by atoms with van der Waals surface area (Å²) in [4.78, 5) is 22.7. The van der Waals surface area contributed by atoms with E-state index in [1.807, 2.05) is 0 Å². The van der Waals surface area contributed by atoms with E-state index in [9.17, 15) is 9.59 Å². The topological polar surface area (TPSA) is 52.6 Å². The van der Waals surface area contributed by atoms with Crippen LogP contribution in [0.15, 0.2) is 11.6 Å². The minimum atomic E-state index is -1.00. The molecule has 0 aliphatic heterocycles. The minimum absolute atomic E-state index is 0.0409. The Balaban J connectivity index is 4.49. The molecule has 0 rings (SSSR count). The van der Waals surface area contributed by atoms with Crippen molar-refractivity contribution in [3.8, 4) is 0 Å². The average molecular weight is 235 g/mol. The van der Waals surface area contributed by atoms with Gasteiger partial charge in [-0.25, -0.2) is 0 Å². The van der Waals surface area contributed by atoms with Gasteiger partial charge in [-0.15, -0.1) is 0 Å². The van der Waals surface area contributed by atoms with E-state index < -0.39 is 17.9 Å². The minimum Gasteiger partial charge on any atom is -0.465 e. The Bertz CT molecular complexity index is 232. The molecule has 4 nitrogen and oxygen atoms in total. The lowest BCUT2D eigenvalue weighted by molar-refractivity contribution is -0.161. The van der Waals surface area contributed by atoms with E-state index >= 15 is 0 Å². The van der Waals surface area contributed by atoms with Gasteiger partial charge in [-0.05, 0) is 13.8 Å². The third kappa shape index (κ3) is 5.42. The van der Waals surface area contributed by atoms with E-state index in [2.05, 4.69) is 6.58 Å². The van der Waals surface area contributed by atoms with Crippen molar-refractivity contribution in [3.05, 3.63) is 11.6 Å². The van der Waals surface area contributed by atoms with Gasteiger partial charge in [0, 0.05) is 11.5 Å². The second-order valence-corrected chi connectivity index (χ2v) is 3.31. The van der Waals surface area contributed by atoms with Gasteiger partial charge >= 0.3 is 11.9 Å². The van der Waals surface area contributed by atoms with Gasteiger partial charge in [0.25, 0.3) is 0 Å². The lowest BCUT2D eigenvalue weighted by atomic mass is 10.1. The molecule has 0 spiro atoms. The Morgan fingerprint density at radius 2 is 1.60 bits per heavy atom. The highest BCUT2D eigenvalue weighted by Gasteiger charge is 2.29. The van der Waals surface area contributed by atoms with Crippen LogP contribution in [0.25, 0.3) is 0 Å². The quantitative estimate of drug-likeness (QED) is 0.520. The van der Waals surface area contributed by atoms with Crippen LogP contribution in [0.1, 0.15) is 20.3 Å². The van der Waals surface area contributed by atoms with Crippen LogP contribution in [-0.2, 0) is 19.1 Å². The fourth-order valence-electron chi connectivity index (χ4n) is 0.970. The molecule has 0 heterocycles. The molecular formula is C10H15ClO4. The molecule has 0 aromatic rings. The fraction of sp³-hybridized carbons (Fsp3) is 0.600. The van der Waals surface area contributed by atoms with E-state index in [1.165, 1.54) is 0 Å². The Labute approximate surface area is 94.2 Å². The highest BCUT2D eigenvalue weighted by atomic mass is 35.5. The zero-order valence-corrected chi connectivity index (χ0v) is 9.67. The highest BCUT2D eigenvalue weighted by Crippen LogP contribution is 2.16. The van der Waals surface area contributed by atoms with E-state index in [0.29, 0.717) is 0 Å². The molecule has 0 saturated carbocycles. The van der Waals surface area contributed by atoms with Crippen molar-refractivity contribution in [2.45, 2.75) is 20.3 Å². The van der Waals surface area contributed by atoms with Gasteiger partial charge < -0.3 is 9.47 Å². The lowest BCUT2D eigenvalue weighted by Crippen LogP contribution is -2.28. The van der Waals surface area contributed by atoms with Crippen molar-refractivity contribution in [2.75, 3.05) is 13.2 Å². The number of allylic oxidation sites excluding steroid dienone is 1. The van der Waals surface area contributed by atoms with E-state index in [-0.39, 0.29) is 24.7 Å². The van der Waals surface area contributed by atoms with Gasteiger partial charge in [-0.1, -0.05) is 18.2 Å². The standard InChI is InChI=1S/C10H15ClO4/c1-4-14-9(12)8(6-7(3)11)10(13)15-5-2/h8H,3-6H2,1-2H3. The van der Waals surface area contributed by atoms with Crippen LogP contribution in [0.4, 0.5) is 0 Å². The zero-order chi connectivity index (χ0) is 11.8. The molecule has 0 amide bonds. The van der Waals surface area contributed by atoms with E-state index in [0.717, 1.165) is 0 Å². The molecule has 0 bridgehead atoms. The van der Waals surface area contributed by atoms with Crippen molar-refractivity contribution in [2.24, 2.45) is 5.92 Å². The lowest BCUT2D eigenvalue weighted by Gasteiger charge is -2.13. The van der Waals surface area contributed by atoms with Gasteiger partial charge in [0.2, 0.25) is 0 Å². The number of esters is 2. The van der Waals surface area contributed by atoms with Gasteiger partial charge in [-0.2, -0.15) is 0 Å². The predicted octanol–water partition coefficient (Wildman–Crippen LogP) is 1.87. The van der Waals surface area contributed by atoms with E-state index in [1.54, 1.807) is 13.8 Å². The molecule has 0 aliphatic carbocycles. The van der Waals surface area contributed by atoms with Gasteiger partial charge in [0.15, 0.2) is 5.92 Å². The van der Waals surface area contributed by atoms with Crippen molar-refractivity contribution < 1.29 is 19.1 Å². The summed E-state index contributed by atoms with van der Waals surface area (Å²) in [5, 5.41) is 0.223. The van der Waals surface area contributed by atoms with Crippen LogP contribution < -0.4 is 0 Å². The second kappa shape index (κ2) is 7.29. The molecule has 15 heavy (non-hydrogen) atoms. The summed E-state index contributed by atoms with van der Waals surface area (Å²) in [6.45, 7) is 7.18. The van der Waals surface area contributed by atoms with Crippen LogP contribution in [0, 0.1) is 5.92 Å². The summed E-state index contributed by atoms with van der Waals surface area (Å²) in [5.41, 5.74) is 0.